The van der Waals surface area contributed by atoms with Crippen LogP contribution in [0.1, 0.15) is 104 Å². The molecule has 5 rings (SSSR count). The van der Waals surface area contributed by atoms with Crippen LogP contribution >= 0.6 is 0 Å². The zero-order chi connectivity index (χ0) is 38.9. The summed E-state index contributed by atoms with van der Waals surface area (Å²) in [6, 6.07) is 11.5. The summed E-state index contributed by atoms with van der Waals surface area (Å²) in [5, 5.41) is 20.9. The minimum Gasteiger partial charge on any atom is -0.480 e. The maximum absolute atomic E-state index is 12.6. The fraction of sp³-hybridized carbons (Fsp3) is 0.525. The number of nitrogens with one attached hydrogen (secondary N) is 1. The number of aryl methyl sites for hydroxylation is 1. The first-order valence-corrected chi connectivity index (χ1v) is 18.3. The van der Waals surface area contributed by atoms with Gasteiger partial charge in [0.15, 0.2) is 5.82 Å². The maximum Gasteiger partial charge on any atom is 0.329 e. The Morgan fingerprint density at radius 1 is 1.08 bits per heavy atom. The number of nitrogens with zero attached hydrogens (tertiary/aromatic N) is 6. The Morgan fingerprint density at radius 3 is 2.42 bits per heavy atom. The number of anilines is 2. The monoisotopic (exact) mass is 727 g/mol. The van der Waals surface area contributed by atoms with E-state index in [0.717, 1.165) is 48.3 Å². The summed E-state index contributed by atoms with van der Waals surface area (Å²) in [4.78, 5) is 49.4. The van der Waals surface area contributed by atoms with Gasteiger partial charge in [0.2, 0.25) is 11.7 Å². The lowest BCUT2D eigenvalue weighted by Crippen LogP contribution is -2.49. The van der Waals surface area contributed by atoms with Crippen molar-refractivity contribution in [3.05, 3.63) is 53.3 Å². The maximum atomic E-state index is 12.6. The van der Waals surface area contributed by atoms with E-state index in [-0.39, 0.29) is 23.5 Å². The van der Waals surface area contributed by atoms with Crippen LogP contribution in [0.25, 0.3) is 11.4 Å². The molecule has 53 heavy (non-hydrogen) atoms. The largest absolute Gasteiger partial charge is 0.480 e. The van der Waals surface area contributed by atoms with Crippen molar-refractivity contribution in [2.75, 3.05) is 36.6 Å². The number of carboxylic acids is 1. The molecule has 0 saturated heterocycles. The van der Waals surface area contributed by atoms with E-state index < -0.39 is 23.9 Å². The van der Waals surface area contributed by atoms with Crippen molar-refractivity contribution >= 4 is 46.3 Å². The van der Waals surface area contributed by atoms with E-state index in [1.807, 2.05) is 20.8 Å². The molecule has 2 N–H and O–H groups in total. The number of aromatic nitrogens is 3. The average molecular weight is 728 g/mol. The third kappa shape index (κ3) is 8.84. The van der Waals surface area contributed by atoms with Crippen LogP contribution in [0.2, 0.25) is 0 Å². The number of benzene rings is 2. The van der Waals surface area contributed by atoms with Gasteiger partial charge >= 0.3 is 11.9 Å². The molecule has 1 atom stereocenters. The highest BCUT2D eigenvalue weighted by Gasteiger charge is 2.38. The summed E-state index contributed by atoms with van der Waals surface area (Å²) >= 11 is 0. The quantitative estimate of drug-likeness (QED) is 0.138. The Hall–Kier alpha value is -4.91. The summed E-state index contributed by atoms with van der Waals surface area (Å²) in [6.45, 7) is 21.3. The third-order valence-corrected chi connectivity index (χ3v) is 9.95. The van der Waals surface area contributed by atoms with E-state index in [4.69, 9.17) is 34.8 Å². The number of hydrogen-bond donors (Lipinski definition) is 2. The summed E-state index contributed by atoms with van der Waals surface area (Å²) in [7, 11) is 0. The average Bonchev–Trinajstić information content (AvgIpc) is 3.64. The highest BCUT2D eigenvalue weighted by atomic mass is 16.5. The van der Waals surface area contributed by atoms with Crippen molar-refractivity contribution in [3.63, 3.8) is 0 Å². The molecule has 1 unspecified atom stereocenters. The molecule has 0 radical (unpaired) electrons. The second kappa shape index (κ2) is 15.2. The van der Waals surface area contributed by atoms with Gasteiger partial charge in [-0.1, -0.05) is 34.6 Å². The van der Waals surface area contributed by atoms with Gasteiger partial charge in [0.1, 0.15) is 18.9 Å². The van der Waals surface area contributed by atoms with E-state index in [1.165, 1.54) is 11.3 Å². The molecule has 0 fully saturated rings. The third-order valence-electron chi connectivity index (χ3n) is 9.95. The molecule has 2 aliphatic heterocycles. The number of amides is 1. The Balaban J connectivity index is 1.40. The van der Waals surface area contributed by atoms with Crippen LogP contribution in [-0.4, -0.2) is 81.2 Å². The van der Waals surface area contributed by atoms with Crippen LogP contribution in [0.5, 0.6) is 0 Å². The summed E-state index contributed by atoms with van der Waals surface area (Å²) in [5.74, 6) is -0.435. The van der Waals surface area contributed by atoms with E-state index >= 15 is 0 Å². The highest BCUT2D eigenvalue weighted by molar-refractivity contribution is 6.50. The van der Waals surface area contributed by atoms with Gasteiger partial charge in [0.05, 0.1) is 23.4 Å². The molecular weight excluding hydrogens is 674 g/mol. The molecule has 1 amide bonds. The van der Waals surface area contributed by atoms with Crippen molar-refractivity contribution in [2.45, 2.75) is 100.0 Å². The van der Waals surface area contributed by atoms with Gasteiger partial charge in [-0.3, -0.25) is 9.59 Å². The van der Waals surface area contributed by atoms with E-state index in [1.54, 1.807) is 29.1 Å². The topological polar surface area (TPSA) is 161 Å². The van der Waals surface area contributed by atoms with Gasteiger partial charge in [-0.25, -0.2) is 14.8 Å². The first-order valence-electron chi connectivity index (χ1n) is 18.3. The van der Waals surface area contributed by atoms with Crippen molar-refractivity contribution in [3.8, 4) is 11.4 Å². The van der Waals surface area contributed by atoms with Crippen molar-refractivity contribution in [2.24, 2.45) is 20.9 Å². The predicted molar refractivity (Wildman–Crippen MR) is 206 cm³/mol. The van der Waals surface area contributed by atoms with Gasteiger partial charge in [-0.05, 0) is 107 Å². The van der Waals surface area contributed by atoms with Crippen LogP contribution in [-0.2, 0) is 23.9 Å². The van der Waals surface area contributed by atoms with Crippen LogP contribution in [0.15, 0.2) is 46.5 Å². The number of ether oxygens (including phenoxy) is 2. The van der Waals surface area contributed by atoms with Crippen molar-refractivity contribution in [1.29, 1.82) is 0 Å². The molecule has 13 heteroatoms. The number of carbonyl (C=O) groups excluding carboxylic acids is 2. The van der Waals surface area contributed by atoms with Gasteiger partial charge in [0.25, 0.3) is 0 Å². The minimum atomic E-state index is -1.14. The number of rotatable bonds is 13. The number of carboxylic acid groups (broad SMARTS) is 1. The van der Waals surface area contributed by atoms with E-state index in [0.29, 0.717) is 35.6 Å². The summed E-state index contributed by atoms with van der Waals surface area (Å²) in [5.41, 5.74) is 6.11. The van der Waals surface area contributed by atoms with Crippen LogP contribution in [0, 0.1) is 17.8 Å². The smallest absolute Gasteiger partial charge is 0.329 e. The zero-order valence-electron chi connectivity index (χ0n) is 32.7. The lowest BCUT2D eigenvalue weighted by Gasteiger charge is -2.48. The Kier molecular flexibility index (Phi) is 11.3. The Bertz CT molecular complexity index is 1940. The molecule has 1 aromatic heterocycles. The Morgan fingerprint density at radius 2 is 1.77 bits per heavy atom. The summed E-state index contributed by atoms with van der Waals surface area (Å²) in [6.07, 6.45) is 2.43. The van der Waals surface area contributed by atoms with E-state index in [9.17, 15) is 14.4 Å². The van der Waals surface area contributed by atoms with Gasteiger partial charge in [-0.2, -0.15) is 5.10 Å². The SMILES string of the molecule is CCC(C)(C)C(=O)OCCCN1c2cc(C)c(N=C3C(C(C)(C)C)=Nn4nc(-c5ccc(NC(=O)COCC(=O)O)cc5)nc43)cc2C(C)CC1(C)C. The molecule has 2 aromatic carbocycles. The standard InChI is InChI=1S/C40H53N7O6/c1-11-39(7,8)37(51)53-18-12-17-46-30-19-24(2)29(20-28(30)25(3)21-40(46,9)10)42-33-34(38(4,5)6)44-47-36(33)43-35(45-47)26-13-15-27(16-14-26)41-31(48)22-52-23-32(49)50/h13-16,19-20,25H,11-12,17-18,21-23H2,1-10H3,(H,41,48)(H,49,50). The second-order valence-electron chi connectivity index (χ2n) is 16.3. The molecule has 0 spiro atoms. The van der Waals surface area contributed by atoms with Gasteiger partial charge in [-0.15, -0.1) is 9.89 Å². The van der Waals surface area contributed by atoms with Crippen molar-refractivity contribution < 1.29 is 29.0 Å². The normalized spacial score (nSPS) is 17.3. The number of fused-ring (bicyclic) bond motifs is 2. The lowest BCUT2D eigenvalue weighted by molar-refractivity contribution is -0.154. The molecule has 284 valence electrons. The van der Waals surface area contributed by atoms with Crippen LogP contribution < -0.4 is 10.2 Å². The number of hydrogen-bond acceptors (Lipinski definition) is 10. The van der Waals surface area contributed by atoms with E-state index in [2.05, 4.69) is 70.8 Å². The Labute approximate surface area is 311 Å². The van der Waals surface area contributed by atoms with Crippen LogP contribution in [0.4, 0.5) is 17.1 Å². The zero-order valence-corrected chi connectivity index (χ0v) is 32.7. The molecule has 13 nitrogen and oxygen atoms in total. The van der Waals surface area contributed by atoms with Gasteiger partial charge in [0, 0.05) is 34.4 Å². The molecule has 3 aromatic rings. The number of aliphatic carboxylic acids is 1. The minimum absolute atomic E-state index is 0.0799. The number of carbonyl (C=O) groups is 3. The summed E-state index contributed by atoms with van der Waals surface area (Å²) < 4.78 is 10.5. The van der Waals surface area contributed by atoms with Crippen molar-refractivity contribution in [1.82, 2.24) is 14.9 Å². The molecule has 0 aliphatic carbocycles. The molecular formula is C40H53N7O6. The van der Waals surface area contributed by atoms with Crippen LogP contribution in [0.3, 0.4) is 0 Å². The first kappa shape index (κ1) is 39.3. The second-order valence-corrected chi connectivity index (χ2v) is 16.3. The number of aliphatic imine (C=N–C) groups is 1. The lowest BCUT2D eigenvalue weighted by atomic mass is 9.79. The first-order chi connectivity index (χ1) is 24.8. The fourth-order valence-corrected chi connectivity index (χ4v) is 6.64. The molecule has 0 saturated carbocycles. The fourth-order valence-electron chi connectivity index (χ4n) is 6.64. The number of esters is 1. The molecule has 0 bridgehead atoms. The predicted octanol–water partition coefficient (Wildman–Crippen LogP) is 7.14. The molecule has 3 heterocycles. The van der Waals surface area contributed by atoms with Gasteiger partial charge < -0.3 is 24.8 Å². The highest BCUT2D eigenvalue weighted by Crippen LogP contribution is 2.46. The molecule has 2 aliphatic rings.